The van der Waals surface area contributed by atoms with Crippen LogP contribution in [0.15, 0.2) is 30.6 Å². The summed E-state index contributed by atoms with van der Waals surface area (Å²) < 4.78 is 0. The zero-order valence-electron chi connectivity index (χ0n) is 11.4. The fourth-order valence-electron chi connectivity index (χ4n) is 2.67. The first-order valence-electron chi connectivity index (χ1n) is 6.94. The van der Waals surface area contributed by atoms with Gasteiger partial charge in [0.25, 0.3) is 0 Å². The predicted molar refractivity (Wildman–Crippen MR) is 79.7 cm³/mol. The molecular formula is C14H15N7. The Balaban J connectivity index is 1.74. The molecule has 4 rings (SSSR count). The Morgan fingerprint density at radius 2 is 2.14 bits per heavy atom. The molecule has 1 aliphatic rings. The number of para-hydroxylation sites is 1. The van der Waals surface area contributed by atoms with Crippen molar-refractivity contribution >= 4 is 17.0 Å². The van der Waals surface area contributed by atoms with Crippen LogP contribution in [-0.2, 0) is 0 Å². The lowest BCUT2D eigenvalue weighted by Crippen LogP contribution is -2.26. The minimum Gasteiger partial charge on any atom is -0.338 e. The third-order valence-electron chi connectivity index (χ3n) is 3.73. The van der Waals surface area contributed by atoms with E-state index in [0.717, 1.165) is 36.1 Å². The number of nitrogens with zero attached hydrogens (tertiary/aromatic N) is 5. The predicted octanol–water partition coefficient (Wildman–Crippen LogP) is 0.952. The Kier molecular flexibility index (Phi) is 2.78. The first-order valence-corrected chi connectivity index (χ1v) is 6.94. The number of rotatable bonds is 2. The van der Waals surface area contributed by atoms with Crippen LogP contribution in [-0.4, -0.2) is 44.3 Å². The molecule has 1 aromatic carbocycles. The van der Waals surface area contributed by atoms with Gasteiger partial charge in [-0.2, -0.15) is 4.98 Å². The molecule has 0 bridgehead atoms. The van der Waals surface area contributed by atoms with E-state index in [1.165, 1.54) is 0 Å². The zero-order chi connectivity index (χ0) is 14.2. The number of nitrogens with two attached hydrogens (primary N) is 1. The molecule has 3 aromatic rings. The second-order valence-corrected chi connectivity index (χ2v) is 5.21. The summed E-state index contributed by atoms with van der Waals surface area (Å²) >= 11 is 0. The highest BCUT2D eigenvalue weighted by molar-refractivity contribution is 5.89. The Hall–Kier alpha value is -2.54. The molecular weight excluding hydrogens is 266 g/mol. The summed E-state index contributed by atoms with van der Waals surface area (Å²) in [5.41, 5.74) is 8.50. The number of benzene rings is 1. The average molecular weight is 281 g/mol. The minimum atomic E-state index is 0.204. The maximum atomic E-state index is 5.93. The highest BCUT2D eigenvalue weighted by Gasteiger charge is 2.22. The number of hydrogen-bond acceptors (Lipinski definition) is 6. The fraction of sp³-hybridized carbons (Fsp3) is 0.286. The van der Waals surface area contributed by atoms with Crippen molar-refractivity contribution in [3.63, 3.8) is 0 Å². The van der Waals surface area contributed by atoms with Crippen LogP contribution in [0.3, 0.4) is 0 Å². The highest BCUT2D eigenvalue weighted by Crippen LogP contribution is 2.25. The molecule has 3 heterocycles. The minimum absolute atomic E-state index is 0.204. The summed E-state index contributed by atoms with van der Waals surface area (Å²) in [6, 6.07) is 6.05. The van der Waals surface area contributed by atoms with Gasteiger partial charge in [0.2, 0.25) is 5.95 Å². The highest BCUT2D eigenvalue weighted by atomic mass is 15.4. The summed E-state index contributed by atoms with van der Waals surface area (Å²) in [5.74, 6) is 1.40. The van der Waals surface area contributed by atoms with Gasteiger partial charge < -0.3 is 10.6 Å². The van der Waals surface area contributed by atoms with E-state index in [9.17, 15) is 0 Å². The molecule has 0 amide bonds. The molecule has 2 aromatic heterocycles. The SMILES string of the molecule is NC1CCN(c2n[nH]c(-c3cccc4nccnc34)n2)C1. The number of nitrogens with one attached hydrogen (secondary N) is 1. The van der Waals surface area contributed by atoms with Gasteiger partial charge in [-0.05, 0) is 18.6 Å². The normalized spacial score (nSPS) is 18.5. The number of fused-ring (bicyclic) bond motifs is 1. The van der Waals surface area contributed by atoms with E-state index in [2.05, 4.69) is 30.0 Å². The molecule has 1 fully saturated rings. The van der Waals surface area contributed by atoms with Crippen molar-refractivity contribution in [2.24, 2.45) is 5.73 Å². The van der Waals surface area contributed by atoms with Gasteiger partial charge in [-0.3, -0.25) is 15.1 Å². The lowest BCUT2D eigenvalue weighted by Gasteiger charge is -2.11. The third-order valence-corrected chi connectivity index (χ3v) is 3.73. The standard InChI is InChI=1S/C14H15N7/c15-9-4-7-21(8-9)14-18-13(19-20-14)10-2-1-3-11-12(10)17-6-5-16-11/h1-3,5-6,9H,4,7-8,15H2,(H,18,19,20). The van der Waals surface area contributed by atoms with Crippen molar-refractivity contribution in [1.82, 2.24) is 25.1 Å². The second kappa shape index (κ2) is 4.78. The average Bonchev–Trinajstić information content (AvgIpc) is 3.15. The molecule has 1 unspecified atom stereocenters. The largest absolute Gasteiger partial charge is 0.338 e. The van der Waals surface area contributed by atoms with E-state index >= 15 is 0 Å². The number of hydrogen-bond donors (Lipinski definition) is 2. The molecule has 106 valence electrons. The van der Waals surface area contributed by atoms with Crippen molar-refractivity contribution < 1.29 is 0 Å². The maximum Gasteiger partial charge on any atom is 0.245 e. The Bertz CT molecular complexity index is 776. The van der Waals surface area contributed by atoms with Crippen LogP contribution in [0.4, 0.5) is 5.95 Å². The molecule has 7 heteroatoms. The first kappa shape index (κ1) is 12.2. The Morgan fingerprint density at radius 3 is 3.00 bits per heavy atom. The van der Waals surface area contributed by atoms with Crippen LogP contribution in [0, 0.1) is 0 Å². The number of aromatic amines is 1. The van der Waals surface area contributed by atoms with E-state index < -0.39 is 0 Å². The van der Waals surface area contributed by atoms with E-state index in [0.29, 0.717) is 11.8 Å². The van der Waals surface area contributed by atoms with Crippen molar-refractivity contribution in [1.29, 1.82) is 0 Å². The Labute approximate surface area is 121 Å². The van der Waals surface area contributed by atoms with Crippen LogP contribution in [0.25, 0.3) is 22.4 Å². The lowest BCUT2D eigenvalue weighted by molar-refractivity contribution is 0.750. The molecule has 1 atom stereocenters. The molecule has 1 saturated heterocycles. The van der Waals surface area contributed by atoms with Crippen molar-refractivity contribution in [3.05, 3.63) is 30.6 Å². The summed E-state index contributed by atoms with van der Waals surface area (Å²) in [6.07, 6.45) is 4.34. The van der Waals surface area contributed by atoms with Crippen LogP contribution >= 0.6 is 0 Å². The smallest absolute Gasteiger partial charge is 0.245 e. The number of H-pyrrole nitrogens is 1. The van der Waals surface area contributed by atoms with Gasteiger partial charge in [-0.1, -0.05) is 6.07 Å². The lowest BCUT2D eigenvalue weighted by atomic mass is 10.1. The van der Waals surface area contributed by atoms with E-state index in [1.54, 1.807) is 12.4 Å². The first-order chi connectivity index (χ1) is 10.3. The second-order valence-electron chi connectivity index (χ2n) is 5.21. The molecule has 3 N–H and O–H groups in total. The summed E-state index contributed by atoms with van der Waals surface area (Å²) in [7, 11) is 0. The monoisotopic (exact) mass is 281 g/mol. The molecule has 21 heavy (non-hydrogen) atoms. The molecule has 0 aliphatic carbocycles. The van der Waals surface area contributed by atoms with Crippen LogP contribution in [0.2, 0.25) is 0 Å². The van der Waals surface area contributed by atoms with Gasteiger partial charge in [-0.15, -0.1) is 5.10 Å². The molecule has 1 aliphatic heterocycles. The number of anilines is 1. The third kappa shape index (κ3) is 2.11. The van der Waals surface area contributed by atoms with E-state index in [-0.39, 0.29) is 6.04 Å². The summed E-state index contributed by atoms with van der Waals surface area (Å²) in [4.78, 5) is 15.4. The quantitative estimate of drug-likeness (QED) is 0.726. The van der Waals surface area contributed by atoms with Crippen LogP contribution in [0.1, 0.15) is 6.42 Å². The molecule has 0 spiro atoms. The van der Waals surface area contributed by atoms with Gasteiger partial charge in [0, 0.05) is 37.1 Å². The van der Waals surface area contributed by atoms with Crippen molar-refractivity contribution in [2.75, 3.05) is 18.0 Å². The molecule has 7 nitrogen and oxygen atoms in total. The number of aromatic nitrogens is 5. The van der Waals surface area contributed by atoms with Crippen LogP contribution < -0.4 is 10.6 Å². The summed E-state index contributed by atoms with van der Waals surface area (Å²) in [6.45, 7) is 1.69. The van der Waals surface area contributed by atoms with Gasteiger partial charge in [0.15, 0.2) is 5.82 Å². The maximum absolute atomic E-state index is 5.93. The van der Waals surface area contributed by atoms with Crippen molar-refractivity contribution in [3.8, 4) is 11.4 Å². The van der Waals surface area contributed by atoms with Gasteiger partial charge in [0.05, 0.1) is 11.0 Å². The fourth-order valence-corrected chi connectivity index (χ4v) is 2.67. The van der Waals surface area contributed by atoms with E-state index in [4.69, 9.17) is 5.73 Å². The van der Waals surface area contributed by atoms with Crippen molar-refractivity contribution in [2.45, 2.75) is 12.5 Å². The Morgan fingerprint density at radius 1 is 1.24 bits per heavy atom. The zero-order valence-corrected chi connectivity index (χ0v) is 11.4. The molecule has 0 saturated carbocycles. The van der Waals surface area contributed by atoms with Crippen LogP contribution in [0.5, 0.6) is 0 Å². The summed E-state index contributed by atoms with van der Waals surface area (Å²) in [5, 5.41) is 7.30. The van der Waals surface area contributed by atoms with E-state index in [1.807, 2.05) is 18.2 Å². The topological polar surface area (TPSA) is 96.6 Å². The van der Waals surface area contributed by atoms with Gasteiger partial charge in [-0.25, -0.2) is 0 Å². The van der Waals surface area contributed by atoms with Gasteiger partial charge in [0.1, 0.15) is 0 Å². The van der Waals surface area contributed by atoms with Gasteiger partial charge >= 0.3 is 0 Å². The molecule has 0 radical (unpaired) electrons.